The van der Waals surface area contributed by atoms with Crippen LogP contribution in [0.15, 0.2) is 53.7 Å². The van der Waals surface area contributed by atoms with Crippen LogP contribution in [0.5, 0.6) is 0 Å². The molecule has 0 spiro atoms. The number of ketones is 1. The third kappa shape index (κ3) is 4.74. The Kier molecular flexibility index (Phi) is 6.06. The third-order valence-electron chi connectivity index (χ3n) is 4.94. The number of hydrogen-bond acceptors (Lipinski definition) is 5. The van der Waals surface area contributed by atoms with Crippen molar-refractivity contribution in [3.05, 3.63) is 65.5 Å². The van der Waals surface area contributed by atoms with Crippen LogP contribution in [-0.4, -0.2) is 39.0 Å². The molecule has 150 valence electrons. The highest BCUT2D eigenvalue weighted by Crippen LogP contribution is 2.27. The van der Waals surface area contributed by atoms with E-state index in [0.29, 0.717) is 23.1 Å². The van der Waals surface area contributed by atoms with Crippen LogP contribution in [0.1, 0.15) is 28.8 Å². The van der Waals surface area contributed by atoms with Gasteiger partial charge in [0.2, 0.25) is 0 Å². The first-order valence-electron chi connectivity index (χ1n) is 9.63. The van der Waals surface area contributed by atoms with Gasteiger partial charge >= 0.3 is 0 Å². The van der Waals surface area contributed by atoms with Crippen LogP contribution in [0, 0.1) is 12.7 Å². The quantitative estimate of drug-likeness (QED) is 0.422. The minimum Gasteiger partial charge on any atom is -0.376 e. The molecule has 0 bridgehead atoms. The Hall–Kier alpha value is -2.51. The van der Waals surface area contributed by atoms with E-state index in [1.54, 1.807) is 12.1 Å². The lowest BCUT2D eigenvalue weighted by Gasteiger charge is -2.14. The second-order valence-corrected chi connectivity index (χ2v) is 8.08. The number of halogens is 1. The predicted octanol–water partition coefficient (Wildman–Crippen LogP) is 4.55. The number of thioether (sulfide) groups is 1. The third-order valence-corrected chi connectivity index (χ3v) is 5.90. The molecule has 0 saturated carbocycles. The number of aryl methyl sites for hydroxylation is 1. The summed E-state index contributed by atoms with van der Waals surface area (Å²) in [6.45, 7) is 3.36. The molecule has 3 aromatic rings. The molecule has 29 heavy (non-hydrogen) atoms. The molecule has 4 rings (SSSR count). The first kappa shape index (κ1) is 19.8. The number of carbonyl (C=O) groups is 1. The fraction of sp³-hybridized carbons (Fsp3) is 0.318. The van der Waals surface area contributed by atoms with E-state index in [-0.39, 0.29) is 23.5 Å². The van der Waals surface area contributed by atoms with Crippen molar-refractivity contribution in [2.45, 2.75) is 37.6 Å². The smallest absolute Gasteiger partial charge is 0.192 e. The molecule has 0 amide bonds. The highest BCUT2D eigenvalue weighted by molar-refractivity contribution is 7.99. The van der Waals surface area contributed by atoms with Crippen LogP contribution in [-0.2, 0) is 11.3 Å². The summed E-state index contributed by atoms with van der Waals surface area (Å²) in [6, 6.07) is 13.8. The van der Waals surface area contributed by atoms with Gasteiger partial charge in [-0.25, -0.2) is 4.39 Å². The van der Waals surface area contributed by atoms with Gasteiger partial charge in [-0.2, -0.15) is 0 Å². The number of carbonyl (C=O) groups excluding carboxylic acids is 1. The minimum absolute atomic E-state index is 0.0463. The van der Waals surface area contributed by atoms with E-state index in [9.17, 15) is 9.18 Å². The number of benzene rings is 2. The van der Waals surface area contributed by atoms with Gasteiger partial charge in [0.1, 0.15) is 5.82 Å². The molecule has 7 heteroatoms. The molecular weight excluding hydrogens is 389 g/mol. The van der Waals surface area contributed by atoms with Gasteiger partial charge in [0.05, 0.1) is 18.4 Å². The monoisotopic (exact) mass is 411 g/mol. The zero-order chi connectivity index (χ0) is 20.2. The Labute approximate surface area is 173 Å². The van der Waals surface area contributed by atoms with Gasteiger partial charge in [-0.1, -0.05) is 41.6 Å². The van der Waals surface area contributed by atoms with Crippen LogP contribution in [0.2, 0.25) is 0 Å². The molecular formula is C22H22FN3O2S. The molecule has 1 aliphatic rings. The van der Waals surface area contributed by atoms with Crippen molar-refractivity contribution in [3.8, 4) is 11.4 Å². The maximum absolute atomic E-state index is 13.3. The number of rotatable bonds is 7. The number of Topliss-reactive ketones (excluding diaryl/α,β-unsaturated/α-hetero) is 1. The molecule has 0 radical (unpaired) electrons. The van der Waals surface area contributed by atoms with E-state index in [0.717, 1.165) is 30.6 Å². The van der Waals surface area contributed by atoms with Gasteiger partial charge in [-0.05, 0) is 44.0 Å². The van der Waals surface area contributed by atoms with Crippen LogP contribution < -0.4 is 0 Å². The van der Waals surface area contributed by atoms with E-state index < -0.39 is 0 Å². The van der Waals surface area contributed by atoms with Crippen LogP contribution in [0.4, 0.5) is 4.39 Å². The summed E-state index contributed by atoms with van der Waals surface area (Å²) < 4.78 is 21.1. The Balaban J connectivity index is 1.55. The predicted molar refractivity (Wildman–Crippen MR) is 111 cm³/mol. The van der Waals surface area contributed by atoms with Crippen LogP contribution >= 0.6 is 11.8 Å². The Morgan fingerprint density at radius 1 is 1.17 bits per heavy atom. The minimum atomic E-state index is -0.294. The summed E-state index contributed by atoms with van der Waals surface area (Å²) in [4.78, 5) is 12.6. The molecule has 1 aromatic heterocycles. The van der Waals surface area contributed by atoms with Gasteiger partial charge in [-0.3, -0.25) is 9.36 Å². The lowest BCUT2D eigenvalue weighted by Crippen LogP contribution is -2.17. The average Bonchev–Trinajstić information content (AvgIpc) is 3.38. The molecule has 1 atom stereocenters. The van der Waals surface area contributed by atoms with Crippen molar-refractivity contribution in [3.63, 3.8) is 0 Å². The Morgan fingerprint density at radius 2 is 1.93 bits per heavy atom. The summed E-state index contributed by atoms with van der Waals surface area (Å²) in [7, 11) is 0. The molecule has 1 fully saturated rings. The number of ether oxygens (including phenoxy) is 1. The molecule has 2 aromatic carbocycles. The molecule has 5 nitrogen and oxygen atoms in total. The largest absolute Gasteiger partial charge is 0.376 e. The van der Waals surface area contributed by atoms with Gasteiger partial charge in [0, 0.05) is 17.7 Å². The zero-order valence-electron chi connectivity index (χ0n) is 16.2. The molecule has 1 unspecified atom stereocenters. The zero-order valence-corrected chi connectivity index (χ0v) is 17.0. The van der Waals surface area contributed by atoms with E-state index in [4.69, 9.17) is 4.74 Å². The lowest BCUT2D eigenvalue weighted by molar-refractivity contribution is 0.0953. The fourth-order valence-corrected chi connectivity index (χ4v) is 4.16. The number of hydrogen-bond donors (Lipinski definition) is 0. The molecule has 0 aliphatic carbocycles. The van der Waals surface area contributed by atoms with Crippen LogP contribution in [0.3, 0.4) is 0 Å². The summed E-state index contributed by atoms with van der Waals surface area (Å²) in [5, 5.41) is 9.30. The van der Waals surface area contributed by atoms with Crippen molar-refractivity contribution in [1.82, 2.24) is 14.8 Å². The van der Waals surface area contributed by atoms with E-state index in [2.05, 4.69) is 10.2 Å². The first-order valence-corrected chi connectivity index (χ1v) is 10.6. The van der Waals surface area contributed by atoms with Gasteiger partial charge in [-0.15, -0.1) is 10.2 Å². The second-order valence-electron chi connectivity index (χ2n) is 7.14. The van der Waals surface area contributed by atoms with Crippen molar-refractivity contribution in [2.24, 2.45) is 0 Å². The maximum Gasteiger partial charge on any atom is 0.192 e. The van der Waals surface area contributed by atoms with Crippen LogP contribution in [0.25, 0.3) is 11.4 Å². The summed E-state index contributed by atoms with van der Waals surface area (Å²) in [5.41, 5.74) is 2.59. The van der Waals surface area contributed by atoms with Crippen molar-refractivity contribution >= 4 is 17.5 Å². The molecule has 2 heterocycles. The summed E-state index contributed by atoms with van der Waals surface area (Å²) in [6.07, 6.45) is 2.11. The fourth-order valence-electron chi connectivity index (χ4n) is 3.32. The molecule has 1 saturated heterocycles. The number of nitrogens with zero attached hydrogens (tertiary/aromatic N) is 3. The standard InChI is InChI=1S/C22H22FN3O2S/c1-15-4-6-16(7-5-15)20(27)14-29-22-25-24-21(17-8-10-18(23)11-9-17)26(22)13-19-3-2-12-28-19/h4-11,19H,2-3,12-14H2,1H3. The summed E-state index contributed by atoms with van der Waals surface area (Å²) >= 11 is 1.37. The van der Waals surface area contributed by atoms with Crippen molar-refractivity contribution in [1.29, 1.82) is 0 Å². The second kappa shape index (κ2) is 8.88. The highest BCUT2D eigenvalue weighted by atomic mass is 32.2. The molecule has 1 aliphatic heterocycles. The topological polar surface area (TPSA) is 57.0 Å². The average molecular weight is 412 g/mol. The summed E-state index contributed by atoms with van der Waals surface area (Å²) in [5.74, 6) is 0.684. The van der Waals surface area contributed by atoms with E-state index >= 15 is 0 Å². The van der Waals surface area contributed by atoms with Crippen molar-refractivity contribution in [2.75, 3.05) is 12.4 Å². The van der Waals surface area contributed by atoms with Gasteiger partial charge in [0.25, 0.3) is 0 Å². The molecule has 0 N–H and O–H groups in total. The van der Waals surface area contributed by atoms with Gasteiger partial charge < -0.3 is 4.74 Å². The maximum atomic E-state index is 13.3. The Morgan fingerprint density at radius 3 is 2.62 bits per heavy atom. The highest BCUT2D eigenvalue weighted by Gasteiger charge is 2.22. The van der Waals surface area contributed by atoms with Crippen molar-refractivity contribution < 1.29 is 13.9 Å². The van der Waals surface area contributed by atoms with E-state index in [1.165, 1.54) is 23.9 Å². The lowest BCUT2D eigenvalue weighted by atomic mass is 10.1. The normalized spacial score (nSPS) is 16.3. The number of aromatic nitrogens is 3. The van der Waals surface area contributed by atoms with Gasteiger partial charge in [0.15, 0.2) is 16.8 Å². The first-order chi connectivity index (χ1) is 14.1. The SMILES string of the molecule is Cc1ccc(C(=O)CSc2nnc(-c3ccc(F)cc3)n2CC2CCCO2)cc1. The van der Waals surface area contributed by atoms with E-state index in [1.807, 2.05) is 35.8 Å². The Bertz CT molecular complexity index is 980.